The third kappa shape index (κ3) is 6.26. The number of esters is 2. The third-order valence-electron chi connectivity index (χ3n) is 3.90. The van der Waals surface area contributed by atoms with Crippen molar-refractivity contribution in [3.05, 3.63) is 65.7 Å². The highest BCUT2D eigenvalue weighted by molar-refractivity contribution is 6.01. The molecule has 2 aromatic carbocycles. The summed E-state index contributed by atoms with van der Waals surface area (Å²) >= 11 is 0. The predicted molar refractivity (Wildman–Crippen MR) is 101 cm³/mol. The number of nitrogens with one attached hydrogen (secondary N) is 1. The molecule has 0 heterocycles. The van der Waals surface area contributed by atoms with E-state index in [1.165, 1.54) is 0 Å². The second-order valence-electron chi connectivity index (χ2n) is 5.99. The number of carbonyl (C=O) groups is 3. The van der Waals surface area contributed by atoms with Crippen LogP contribution in [0.4, 0.5) is 5.69 Å². The highest BCUT2D eigenvalue weighted by atomic mass is 16.5. The summed E-state index contributed by atoms with van der Waals surface area (Å²) in [5.74, 6) is -1.51. The molecule has 0 aliphatic rings. The Balaban J connectivity index is 1.86. The fraction of sp³-hybridized carbons (Fsp3) is 0.286. The molecule has 0 fully saturated rings. The SMILES string of the molecule is CCOC(=O)c1ccccc1NC(=O)COC(=O)C[C@H](C)c1ccccc1. The lowest BCUT2D eigenvalue weighted by Crippen LogP contribution is -2.22. The second-order valence-corrected chi connectivity index (χ2v) is 5.99. The van der Waals surface area contributed by atoms with Crippen LogP contribution in [0.25, 0.3) is 0 Å². The number of ether oxygens (including phenoxy) is 2. The number of amides is 1. The fourth-order valence-corrected chi connectivity index (χ4v) is 2.52. The molecule has 6 nitrogen and oxygen atoms in total. The monoisotopic (exact) mass is 369 g/mol. The van der Waals surface area contributed by atoms with E-state index in [0.717, 1.165) is 5.56 Å². The van der Waals surface area contributed by atoms with Crippen molar-refractivity contribution in [1.82, 2.24) is 0 Å². The van der Waals surface area contributed by atoms with Gasteiger partial charge in [0.25, 0.3) is 5.91 Å². The van der Waals surface area contributed by atoms with E-state index in [1.807, 2.05) is 37.3 Å². The maximum Gasteiger partial charge on any atom is 0.340 e. The largest absolute Gasteiger partial charge is 0.462 e. The van der Waals surface area contributed by atoms with Crippen LogP contribution in [0.5, 0.6) is 0 Å². The first-order chi connectivity index (χ1) is 13.0. The van der Waals surface area contributed by atoms with Gasteiger partial charge in [-0.15, -0.1) is 0 Å². The molecule has 0 bridgehead atoms. The van der Waals surface area contributed by atoms with Crippen LogP contribution in [-0.4, -0.2) is 31.1 Å². The number of benzene rings is 2. The van der Waals surface area contributed by atoms with Gasteiger partial charge in [0.05, 0.1) is 24.3 Å². The summed E-state index contributed by atoms with van der Waals surface area (Å²) in [4.78, 5) is 35.9. The third-order valence-corrected chi connectivity index (χ3v) is 3.90. The van der Waals surface area contributed by atoms with Crippen LogP contribution in [0.3, 0.4) is 0 Å². The first-order valence-electron chi connectivity index (χ1n) is 8.77. The van der Waals surface area contributed by atoms with Crippen molar-refractivity contribution in [2.24, 2.45) is 0 Å². The minimum absolute atomic E-state index is 0.00805. The summed E-state index contributed by atoms with van der Waals surface area (Å²) in [6.07, 6.45) is 0.177. The highest BCUT2D eigenvalue weighted by Crippen LogP contribution is 2.19. The molecule has 0 unspecified atom stereocenters. The molecule has 1 atom stereocenters. The Bertz CT molecular complexity index is 788. The lowest BCUT2D eigenvalue weighted by molar-refractivity contribution is -0.147. The minimum Gasteiger partial charge on any atom is -0.462 e. The summed E-state index contributed by atoms with van der Waals surface area (Å²) in [5, 5.41) is 2.57. The van der Waals surface area contributed by atoms with Crippen molar-refractivity contribution in [2.75, 3.05) is 18.5 Å². The lowest BCUT2D eigenvalue weighted by atomic mass is 9.98. The van der Waals surface area contributed by atoms with Crippen molar-refractivity contribution in [2.45, 2.75) is 26.2 Å². The van der Waals surface area contributed by atoms with Gasteiger partial charge in [-0.05, 0) is 30.5 Å². The average molecular weight is 369 g/mol. The van der Waals surface area contributed by atoms with Gasteiger partial charge in [-0.3, -0.25) is 9.59 Å². The Morgan fingerprint density at radius 2 is 1.63 bits per heavy atom. The molecule has 0 aliphatic carbocycles. The molecule has 0 radical (unpaired) electrons. The average Bonchev–Trinajstić information content (AvgIpc) is 2.67. The summed E-state index contributed by atoms with van der Waals surface area (Å²) in [6, 6.07) is 16.1. The zero-order valence-corrected chi connectivity index (χ0v) is 15.4. The van der Waals surface area contributed by atoms with E-state index < -0.39 is 24.5 Å². The summed E-state index contributed by atoms with van der Waals surface area (Å²) < 4.78 is 10.0. The van der Waals surface area contributed by atoms with Gasteiger partial charge in [-0.25, -0.2) is 4.79 Å². The second kappa shape index (κ2) is 10.1. The maximum atomic E-state index is 12.1. The molecule has 0 aliphatic heterocycles. The molecule has 2 aromatic rings. The van der Waals surface area contributed by atoms with Gasteiger partial charge in [0.2, 0.25) is 0 Å². The predicted octanol–water partition coefficient (Wildman–Crippen LogP) is 3.54. The van der Waals surface area contributed by atoms with Gasteiger partial charge in [-0.2, -0.15) is 0 Å². The Labute approximate surface area is 158 Å². The summed E-state index contributed by atoms with van der Waals surface area (Å²) in [7, 11) is 0. The van der Waals surface area contributed by atoms with Gasteiger partial charge in [-0.1, -0.05) is 49.4 Å². The van der Waals surface area contributed by atoms with E-state index in [-0.39, 0.29) is 24.5 Å². The summed E-state index contributed by atoms with van der Waals surface area (Å²) in [5.41, 5.74) is 1.59. The molecule has 1 amide bonds. The molecule has 0 aromatic heterocycles. The zero-order valence-electron chi connectivity index (χ0n) is 15.4. The Morgan fingerprint density at radius 3 is 2.33 bits per heavy atom. The van der Waals surface area contributed by atoms with Gasteiger partial charge in [0.15, 0.2) is 6.61 Å². The van der Waals surface area contributed by atoms with E-state index in [4.69, 9.17) is 9.47 Å². The normalized spacial score (nSPS) is 11.3. The molecule has 0 saturated heterocycles. The summed E-state index contributed by atoms with van der Waals surface area (Å²) in [6.45, 7) is 3.44. The van der Waals surface area contributed by atoms with Gasteiger partial charge < -0.3 is 14.8 Å². The number of carbonyl (C=O) groups excluding carboxylic acids is 3. The Kier molecular flexibility index (Phi) is 7.55. The lowest BCUT2D eigenvalue weighted by Gasteiger charge is -2.12. The van der Waals surface area contributed by atoms with Crippen LogP contribution in [-0.2, 0) is 19.1 Å². The smallest absolute Gasteiger partial charge is 0.340 e. The van der Waals surface area contributed by atoms with Crippen molar-refractivity contribution < 1.29 is 23.9 Å². The van der Waals surface area contributed by atoms with Crippen molar-refractivity contribution in [3.63, 3.8) is 0 Å². The van der Waals surface area contributed by atoms with Crippen LogP contribution in [0, 0.1) is 0 Å². The van der Waals surface area contributed by atoms with E-state index >= 15 is 0 Å². The van der Waals surface area contributed by atoms with Crippen LogP contribution in [0.15, 0.2) is 54.6 Å². The van der Waals surface area contributed by atoms with Crippen molar-refractivity contribution >= 4 is 23.5 Å². The fourth-order valence-electron chi connectivity index (χ4n) is 2.52. The number of para-hydroxylation sites is 1. The molecule has 142 valence electrons. The first kappa shape index (κ1) is 20.2. The minimum atomic E-state index is -0.526. The van der Waals surface area contributed by atoms with Gasteiger partial charge >= 0.3 is 11.9 Å². The number of hydrogen-bond donors (Lipinski definition) is 1. The molecule has 2 rings (SSSR count). The highest BCUT2D eigenvalue weighted by Gasteiger charge is 2.16. The van der Waals surface area contributed by atoms with E-state index in [9.17, 15) is 14.4 Å². The molecule has 27 heavy (non-hydrogen) atoms. The standard InChI is InChI=1S/C21H23NO5/c1-3-26-21(25)17-11-7-8-12-18(17)22-19(23)14-27-20(24)13-15(2)16-9-5-4-6-10-16/h4-12,15H,3,13-14H2,1-2H3,(H,22,23)/t15-/m0/s1. The van der Waals surface area contributed by atoms with Crippen molar-refractivity contribution in [3.8, 4) is 0 Å². The van der Waals surface area contributed by atoms with Crippen LogP contribution < -0.4 is 5.32 Å². The van der Waals surface area contributed by atoms with E-state index in [1.54, 1.807) is 31.2 Å². The van der Waals surface area contributed by atoms with Gasteiger partial charge in [0, 0.05) is 0 Å². The van der Waals surface area contributed by atoms with Crippen LogP contribution in [0.2, 0.25) is 0 Å². The van der Waals surface area contributed by atoms with Gasteiger partial charge in [0.1, 0.15) is 0 Å². The Morgan fingerprint density at radius 1 is 0.963 bits per heavy atom. The maximum absolute atomic E-state index is 12.1. The number of rotatable bonds is 8. The quantitative estimate of drug-likeness (QED) is 0.720. The topological polar surface area (TPSA) is 81.7 Å². The number of anilines is 1. The number of hydrogen-bond acceptors (Lipinski definition) is 5. The molecular formula is C21H23NO5. The molecule has 6 heteroatoms. The first-order valence-corrected chi connectivity index (χ1v) is 8.77. The van der Waals surface area contributed by atoms with Crippen LogP contribution in [0.1, 0.15) is 42.1 Å². The van der Waals surface area contributed by atoms with E-state index in [0.29, 0.717) is 5.69 Å². The Hall–Kier alpha value is -3.15. The molecular weight excluding hydrogens is 346 g/mol. The van der Waals surface area contributed by atoms with E-state index in [2.05, 4.69) is 5.32 Å². The van der Waals surface area contributed by atoms with Crippen molar-refractivity contribution in [1.29, 1.82) is 0 Å². The molecule has 0 spiro atoms. The molecule has 0 saturated carbocycles. The molecule has 1 N–H and O–H groups in total. The van der Waals surface area contributed by atoms with Crippen LogP contribution >= 0.6 is 0 Å². The zero-order chi connectivity index (χ0) is 19.6.